The maximum Gasteiger partial charge on any atom is 0.321 e. The van der Waals surface area contributed by atoms with E-state index in [2.05, 4.69) is 77.9 Å². The number of carbonyl (C=O) groups excluding carboxylic acids is 1. The molecule has 0 aliphatic carbocycles. The molecule has 2 aliphatic heterocycles. The van der Waals surface area contributed by atoms with E-state index in [0.717, 1.165) is 38.4 Å². The first-order chi connectivity index (χ1) is 14.1. The molecule has 1 atom stereocenters. The van der Waals surface area contributed by atoms with Gasteiger partial charge in [0.25, 0.3) is 0 Å². The minimum atomic E-state index is 0.00382. The zero-order chi connectivity index (χ0) is 20.2. The van der Waals surface area contributed by atoms with Gasteiger partial charge in [-0.3, -0.25) is 9.80 Å². The topological polar surface area (TPSA) is 47.6 Å². The molecule has 0 bridgehead atoms. The fraction of sp³-hybridized carbons (Fsp3) is 0.458. The molecule has 0 aromatic heterocycles. The van der Waals surface area contributed by atoms with E-state index in [0.29, 0.717) is 12.0 Å². The maximum atomic E-state index is 11.8. The summed E-state index contributed by atoms with van der Waals surface area (Å²) in [6, 6.07) is 17.8. The SMILES string of the molecule is CC(C)c1ccc(NC2CCCN(Cc3ccc(N4CCNC4=O)cc3)C2)cc1. The predicted molar refractivity (Wildman–Crippen MR) is 120 cm³/mol. The molecule has 0 spiro atoms. The molecule has 2 heterocycles. The second-order valence-corrected chi connectivity index (χ2v) is 8.55. The van der Waals surface area contributed by atoms with E-state index in [4.69, 9.17) is 0 Å². The highest BCUT2D eigenvalue weighted by Gasteiger charge is 2.22. The van der Waals surface area contributed by atoms with E-state index in [1.807, 2.05) is 0 Å². The Morgan fingerprint density at radius 2 is 1.83 bits per heavy atom. The first kappa shape index (κ1) is 19.8. The van der Waals surface area contributed by atoms with Gasteiger partial charge < -0.3 is 10.6 Å². The number of hydrogen-bond acceptors (Lipinski definition) is 3. The Morgan fingerprint density at radius 3 is 2.48 bits per heavy atom. The van der Waals surface area contributed by atoms with Crippen LogP contribution in [0, 0.1) is 0 Å². The zero-order valence-corrected chi connectivity index (χ0v) is 17.5. The summed E-state index contributed by atoms with van der Waals surface area (Å²) in [4.78, 5) is 16.1. The van der Waals surface area contributed by atoms with Gasteiger partial charge >= 0.3 is 6.03 Å². The molecule has 29 heavy (non-hydrogen) atoms. The number of benzene rings is 2. The van der Waals surface area contributed by atoms with Crippen LogP contribution >= 0.6 is 0 Å². The number of nitrogens with one attached hydrogen (secondary N) is 2. The summed E-state index contributed by atoms with van der Waals surface area (Å²) in [7, 11) is 0. The molecular weight excluding hydrogens is 360 g/mol. The predicted octanol–water partition coefficient (Wildman–Crippen LogP) is 4.42. The summed E-state index contributed by atoms with van der Waals surface area (Å²) < 4.78 is 0. The quantitative estimate of drug-likeness (QED) is 0.765. The van der Waals surface area contributed by atoms with Gasteiger partial charge in [-0.15, -0.1) is 0 Å². The van der Waals surface area contributed by atoms with Crippen LogP contribution in [0.2, 0.25) is 0 Å². The molecule has 5 nitrogen and oxygen atoms in total. The summed E-state index contributed by atoms with van der Waals surface area (Å²) in [5, 5.41) is 6.57. The third-order valence-corrected chi connectivity index (χ3v) is 5.96. The van der Waals surface area contributed by atoms with Crippen molar-refractivity contribution in [3.05, 3.63) is 59.7 Å². The van der Waals surface area contributed by atoms with Gasteiger partial charge in [-0.05, 0) is 60.7 Å². The lowest BCUT2D eigenvalue weighted by molar-refractivity contribution is 0.208. The number of nitrogens with zero attached hydrogens (tertiary/aromatic N) is 2. The molecule has 0 radical (unpaired) electrons. The molecule has 0 saturated carbocycles. The van der Waals surface area contributed by atoms with Crippen molar-refractivity contribution in [1.82, 2.24) is 10.2 Å². The minimum Gasteiger partial charge on any atom is -0.381 e. The Labute approximate surface area is 174 Å². The van der Waals surface area contributed by atoms with Crippen molar-refractivity contribution in [2.45, 2.75) is 45.2 Å². The smallest absolute Gasteiger partial charge is 0.321 e. The van der Waals surface area contributed by atoms with E-state index in [9.17, 15) is 4.79 Å². The van der Waals surface area contributed by atoms with E-state index < -0.39 is 0 Å². The van der Waals surface area contributed by atoms with E-state index >= 15 is 0 Å². The van der Waals surface area contributed by atoms with Crippen LogP contribution in [-0.2, 0) is 6.54 Å². The molecule has 2 aromatic carbocycles. The number of likely N-dealkylation sites (tertiary alicyclic amines) is 1. The van der Waals surface area contributed by atoms with Gasteiger partial charge in [-0.25, -0.2) is 4.79 Å². The highest BCUT2D eigenvalue weighted by atomic mass is 16.2. The van der Waals surface area contributed by atoms with Gasteiger partial charge in [0.15, 0.2) is 0 Å². The number of anilines is 2. The van der Waals surface area contributed by atoms with Crippen molar-refractivity contribution in [1.29, 1.82) is 0 Å². The van der Waals surface area contributed by atoms with E-state index in [-0.39, 0.29) is 6.03 Å². The monoisotopic (exact) mass is 392 g/mol. The van der Waals surface area contributed by atoms with Crippen molar-refractivity contribution in [2.24, 2.45) is 0 Å². The first-order valence-corrected chi connectivity index (χ1v) is 10.8. The highest BCUT2D eigenvalue weighted by Crippen LogP contribution is 2.22. The van der Waals surface area contributed by atoms with Crippen LogP contribution in [0.25, 0.3) is 0 Å². The average molecular weight is 393 g/mol. The molecule has 2 fully saturated rings. The minimum absolute atomic E-state index is 0.00382. The molecule has 2 aliphatic rings. The number of amides is 2. The van der Waals surface area contributed by atoms with Crippen LogP contribution in [0.5, 0.6) is 0 Å². The van der Waals surface area contributed by atoms with Crippen LogP contribution in [0.3, 0.4) is 0 Å². The lowest BCUT2D eigenvalue weighted by Crippen LogP contribution is -2.41. The van der Waals surface area contributed by atoms with Crippen molar-refractivity contribution >= 4 is 17.4 Å². The summed E-state index contributed by atoms with van der Waals surface area (Å²) in [6.45, 7) is 9.08. The van der Waals surface area contributed by atoms with Crippen LogP contribution in [0.15, 0.2) is 48.5 Å². The largest absolute Gasteiger partial charge is 0.381 e. The van der Waals surface area contributed by atoms with Crippen LogP contribution < -0.4 is 15.5 Å². The second-order valence-electron chi connectivity index (χ2n) is 8.55. The van der Waals surface area contributed by atoms with E-state index in [1.165, 1.54) is 29.7 Å². The zero-order valence-electron chi connectivity index (χ0n) is 17.5. The fourth-order valence-corrected chi connectivity index (χ4v) is 4.27. The third kappa shape index (κ3) is 4.91. The Hall–Kier alpha value is -2.53. The first-order valence-electron chi connectivity index (χ1n) is 10.8. The van der Waals surface area contributed by atoms with Gasteiger partial charge in [0, 0.05) is 43.6 Å². The van der Waals surface area contributed by atoms with Crippen LogP contribution in [0.4, 0.5) is 16.2 Å². The number of carbonyl (C=O) groups is 1. The highest BCUT2D eigenvalue weighted by molar-refractivity contribution is 5.93. The average Bonchev–Trinajstić information content (AvgIpc) is 3.15. The second kappa shape index (κ2) is 8.87. The molecular formula is C24H32N4O. The molecule has 2 amide bonds. The number of hydrogen-bond donors (Lipinski definition) is 2. The lowest BCUT2D eigenvalue weighted by Gasteiger charge is -2.33. The fourth-order valence-electron chi connectivity index (χ4n) is 4.27. The van der Waals surface area contributed by atoms with Crippen molar-refractivity contribution in [2.75, 3.05) is 36.4 Å². The van der Waals surface area contributed by atoms with Crippen LogP contribution in [0.1, 0.15) is 43.7 Å². The Bertz CT molecular complexity index is 816. The van der Waals surface area contributed by atoms with Gasteiger partial charge in [-0.1, -0.05) is 38.1 Å². The molecule has 2 aromatic rings. The maximum absolute atomic E-state index is 11.8. The Kier molecular flexibility index (Phi) is 6.05. The summed E-state index contributed by atoms with van der Waals surface area (Å²) in [6.07, 6.45) is 2.43. The molecule has 1 unspecified atom stereocenters. The van der Waals surface area contributed by atoms with Crippen molar-refractivity contribution < 1.29 is 4.79 Å². The third-order valence-electron chi connectivity index (χ3n) is 5.96. The summed E-state index contributed by atoms with van der Waals surface area (Å²) in [5.74, 6) is 0.570. The Balaban J connectivity index is 1.32. The molecule has 4 rings (SSSR count). The summed E-state index contributed by atoms with van der Waals surface area (Å²) >= 11 is 0. The summed E-state index contributed by atoms with van der Waals surface area (Å²) in [5.41, 5.74) is 4.88. The van der Waals surface area contributed by atoms with Crippen molar-refractivity contribution in [3.63, 3.8) is 0 Å². The number of urea groups is 1. The van der Waals surface area contributed by atoms with Crippen LogP contribution in [-0.4, -0.2) is 43.2 Å². The van der Waals surface area contributed by atoms with Gasteiger partial charge in [0.05, 0.1) is 0 Å². The molecule has 2 N–H and O–H groups in total. The lowest BCUT2D eigenvalue weighted by atomic mass is 10.0. The van der Waals surface area contributed by atoms with Gasteiger partial charge in [0.2, 0.25) is 0 Å². The number of piperidine rings is 1. The molecule has 154 valence electrons. The molecule has 2 saturated heterocycles. The van der Waals surface area contributed by atoms with Crippen molar-refractivity contribution in [3.8, 4) is 0 Å². The van der Waals surface area contributed by atoms with Gasteiger partial charge in [0.1, 0.15) is 0 Å². The standard InChI is InChI=1S/C24H32N4O/c1-18(2)20-7-9-21(10-8-20)26-22-4-3-14-27(17-22)16-19-5-11-23(12-6-19)28-15-13-25-24(28)29/h5-12,18,22,26H,3-4,13-17H2,1-2H3,(H,25,29). The van der Waals surface area contributed by atoms with E-state index in [1.54, 1.807) is 4.90 Å². The normalized spacial score (nSPS) is 20.2. The Morgan fingerprint density at radius 1 is 1.07 bits per heavy atom. The van der Waals surface area contributed by atoms with Gasteiger partial charge in [-0.2, -0.15) is 0 Å². The number of rotatable bonds is 6. The molecule has 5 heteroatoms.